The molecular weight excluding hydrogens is 454 g/mol. The minimum absolute atomic E-state index is 0.00488. The van der Waals surface area contributed by atoms with Gasteiger partial charge in [-0.15, -0.1) is 0 Å². The highest BCUT2D eigenvalue weighted by Gasteiger charge is 2.50. The number of hydrogen-bond donors (Lipinski definition) is 2. The molecule has 3 atom stereocenters. The van der Waals surface area contributed by atoms with E-state index in [9.17, 15) is 9.90 Å². The highest BCUT2D eigenvalue weighted by atomic mass is 28.4. The number of rotatable bonds is 8. The molecule has 0 saturated heterocycles. The summed E-state index contributed by atoms with van der Waals surface area (Å²) >= 11 is 0. The Balaban J connectivity index is 1.88. The lowest BCUT2D eigenvalue weighted by atomic mass is 9.94. The molecule has 0 aromatic heterocycles. The van der Waals surface area contributed by atoms with Crippen molar-refractivity contribution in [1.82, 2.24) is 5.32 Å². The van der Waals surface area contributed by atoms with Crippen molar-refractivity contribution in [3.63, 3.8) is 0 Å². The molecule has 6 heteroatoms. The van der Waals surface area contributed by atoms with Crippen molar-refractivity contribution in [2.45, 2.75) is 90.0 Å². The van der Waals surface area contributed by atoms with Crippen LogP contribution in [0.5, 0.6) is 0 Å². The van der Waals surface area contributed by atoms with Gasteiger partial charge in [-0.3, -0.25) is 0 Å². The Hall–Kier alpha value is -2.15. The van der Waals surface area contributed by atoms with Crippen molar-refractivity contribution in [3.05, 3.63) is 60.7 Å². The third-order valence-electron chi connectivity index (χ3n) is 6.91. The third-order valence-corrected chi connectivity index (χ3v) is 12.0. The molecule has 2 aromatic carbocycles. The van der Waals surface area contributed by atoms with Crippen LogP contribution in [0, 0.1) is 5.92 Å². The van der Waals surface area contributed by atoms with E-state index in [2.05, 4.69) is 74.6 Å². The van der Waals surface area contributed by atoms with Crippen LogP contribution in [0.2, 0.25) is 5.04 Å². The molecule has 2 N–H and O–H groups in total. The van der Waals surface area contributed by atoms with E-state index < -0.39 is 26.1 Å². The van der Waals surface area contributed by atoms with E-state index in [0.717, 1.165) is 19.3 Å². The number of amides is 1. The van der Waals surface area contributed by atoms with Gasteiger partial charge < -0.3 is 19.6 Å². The molecule has 1 aliphatic rings. The molecule has 0 unspecified atom stereocenters. The number of benzene rings is 2. The largest absolute Gasteiger partial charge is 0.444 e. The molecule has 0 spiro atoms. The summed E-state index contributed by atoms with van der Waals surface area (Å²) in [5.41, 5.74) is -0.575. The molecule has 0 heterocycles. The van der Waals surface area contributed by atoms with Crippen molar-refractivity contribution >= 4 is 24.8 Å². The Morgan fingerprint density at radius 2 is 1.51 bits per heavy atom. The van der Waals surface area contributed by atoms with Crippen molar-refractivity contribution in [1.29, 1.82) is 0 Å². The van der Waals surface area contributed by atoms with Crippen LogP contribution in [0.3, 0.4) is 0 Å². The Morgan fingerprint density at radius 1 is 0.971 bits per heavy atom. The Bertz CT molecular complexity index is 897. The van der Waals surface area contributed by atoms with Crippen molar-refractivity contribution in [2.75, 3.05) is 6.61 Å². The van der Waals surface area contributed by atoms with Gasteiger partial charge in [-0.2, -0.15) is 0 Å². The summed E-state index contributed by atoms with van der Waals surface area (Å²) in [5.74, 6) is 0.00488. The molecule has 1 aliphatic carbocycles. The van der Waals surface area contributed by atoms with Crippen LogP contribution >= 0.6 is 0 Å². The van der Waals surface area contributed by atoms with Gasteiger partial charge in [-0.25, -0.2) is 4.79 Å². The number of carbonyl (C=O) groups excluding carboxylic acids is 1. The van der Waals surface area contributed by atoms with Crippen molar-refractivity contribution in [2.24, 2.45) is 5.92 Å². The molecule has 0 aliphatic heterocycles. The number of aliphatic hydroxyl groups excluding tert-OH is 1. The lowest BCUT2D eigenvalue weighted by Gasteiger charge is -2.43. The summed E-state index contributed by atoms with van der Waals surface area (Å²) < 4.78 is 12.6. The first-order valence-corrected chi connectivity index (χ1v) is 14.8. The van der Waals surface area contributed by atoms with Gasteiger partial charge in [0.05, 0.1) is 6.10 Å². The summed E-state index contributed by atoms with van der Waals surface area (Å²) in [6, 6.07) is 20.9. The lowest BCUT2D eigenvalue weighted by Crippen LogP contribution is -2.66. The number of alkyl carbamates (subject to hydrolysis) is 1. The zero-order chi connectivity index (χ0) is 25.7. The van der Waals surface area contributed by atoms with Crippen LogP contribution in [0.25, 0.3) is 0 Å². The molecular formula is C29H43NO4Si. The smallest absolute Gasteiger partial charge is 0.407 e. The second kappa shape index (κ2) is 11.3. The minimum atomic E-state index is -2.66. The maximum absolute atomic E-state index is 12.6. The van der Waals surface area contributed by atoms with E-state index in [-0.39, 0.29) is 17.0 Å². The fourth-order valence-electron chi connectivity index (χ4n) is 5.39. The summed E-state index contributed by atoms with van der Waals surface area (Å²) in [5, 5.41) is 16.0. The van der Waals surface area contributed by atoms with Gasteiger partial charge in [-0.05, 0) is 55.4 Å². The molecule has 1 fully saturated rings. The predicted molar refractivity (Wildman–Crippen MR) is 145 cm³/mol. The van der Waals surface area contributed by atoms with E-state index in [1.807, 2.05) is 32.9 Å². The monoisotopic (exact) mass is 497 g/mol. The SMILES string of the molecule is CC(C)(C)OC(=O)N[C@H](CCO[Si](c1ccccc1)(c1ccccc1)C(C)(C)C)[C@H]1CCC[C@H]1O. The van der Waals surface area contributed by atoms with Gasteiger partial charge in [0.15, 0.2) is 0 Å². The average Bonchev–Trinajstić information content (AvgIpc) is 3.21. The van der Waals surface area contributed by atoms with E-state index >= 15 is 0 Å². The number of carbonyl (C=O) groups is 1. The summed E-state index contributed by atoms with van der Waals surface area (Å²) in [6.45, 7) is 12.8. The van der Waals surface area contributed by atoms with Gasteiger partial charge in [-0.1, -0.05) is 87.9 Å². The number of aliphatic hydroxyl groups is 1. The molecule has 1 saturated carbocycles. The first kappa shape index (κ1) is 27.4. The lowest BCUT2D eigenvalue weighted by molar-refractivity contribution is 0.0422. The quantitative estimate of drug-likeness (QED) is 0.503. The van der Waals surface area contributed by atoms with E-state index in [1.165, 1.54) is 10.4 Å². The second-order valence-electron chi connectivity index (χ2n) is 11.7. The molecule has 35 heavy (non-hydrogen) atoms. The normalized spacial score (nSPS) is 19.9. The fourth-order valence-corrected chi connectivity index (χ4v) is 9.97. The van der Waals surface area contributed by atoms with Gasteiger partial charge in [0.1, 0.15) is 5.60 Å². The van der Waals surface area contributed by atoms with Crippen LogP contribution < -0.4 is 15.7 Å². The number of ether oxygens (including phenoxy) is 1. The first-order valence-electron chi connectivity index (χ1n) is 12.9. The summed E-state index contributed by atoms with van der Waals surface area (Å²) in [4.78, 5) is 12.6. The summed E-state index contributed by atoms with van der Waals surface area (Å²) in [6.07, 6.45) is 2.39. The Kier molecular flexibility index (Phi) is 8.84. The molecule has 5 nitrogen and oxygen atoms in total. The van der Waals surface area contributed by atoms with Gasteiger partial charge in [0, 0.05) is 18.6 Å². The van der Waals surface area contributed by atoms with Crippen LogP contribution in [-0.4, -0.2) is 43.9 Å². The molecule has 3 rings (SSSR count). The zero-order valence-corrected chi connectivity index (χ0v) is 23.2. The molecule has 1 amide bonds. The second-order valence-corrected chi connectivity index (χ2v) is 16.0. The summed E-state index contributed by atoms with van der Waals surface area (Å²) in [7, 11) is -2.66. The Morgan fingerprint density at radius 3 is 1.94 bits per heavy atom. The minimum Gasteiger partial charge on any atom is -0.444 e. The van der Waals surface area contributed by atoms with E-state index in [4.69, 9.17) is 9.16 Å². The molecule has 192 valence electrons. The van der Waals surface area contributed by atoms with Gasteiger partial charge >= 0.3 is 6.09 Å². The average molecular weight is 498 g/mol. The molecule has 0 bridgehead atoms. The van der Waals surface area contributed by atoms with E-state index in [0.29, 0.717) is 13.0 Å². The zero-order valence-electron chi connectivity index (χ0n) is 22.2. The standard InChI is InChI=1S/C29H43NO4Si/c1-28(2,3)34-27(32)30-25(24-18-13-19-26(24)31)20-21-33-35(29(4,5)6,22-14-9-7-10-15-22)23-16-11-8-12-17-23/h7-12,14-17,24-26,31H,13,18-21H2,1-6H3,(H,30,32)/t24-,25-,26-/m1/s1. The van der Waals surface area contributed by atoms with Crippen LogP contribution in [0.1, 0.15) is 67.2 Å². The highest BCUT2D eigenvalue weighted by Crippen LogP contribution is 2.37. The maximum Gasteiger partial charge on any atom is 0.407 e. The number of nitrogens with one attached hydrogen (secondary N) is 1. The van der Waals surface area contributed by atoms with Crippen molar-refractivity contribution < 1.29 is 19.1 Å². The third kappa shape index (κ3) is 6.75. The molecule has 2 aromatic rings. The predicted octanol–water partition coefficient (Wildman–Crippen LogP) is 5.01. The van der Waals surface area contributed by atoms with Crippen LogP contribution in [0.4, 0.5) is 4.79 Å². The number of hydrogen-bond acceptors (Lipinski definition) is 4. The molecule has 0 radical (unpaired) electrons. The van der Waals surface area contributed by atoms with Crippen LogP contribution in [0.15, 0.2) is 60.7 Å². The maximum atomic E-state index is 12.6. The van der Waals surface area contributed by atoms with Crippen molar-refractivity contribution in [3.8, 4) is 0 Å². The highest BCUT2D eigenvalue weighted by molar-refractivity contribution is 6.99. The van der Waals surface area contributed by atoms with Crippen LogP contribution in [-0.2, 0) is 9.16 Å². The van der Waals surface area contributed by atoms with Gasteiger partial charge in [0.25, 0.3) is 8.32 Å². The Labute approximate surface area is 212 Å². The van der Waals surface area contributed by atoms with Gasteiger partial charge in [0.2, 0.25) is 0 Å². The topological polar surface area (TPSA) is 67.8 Å². The fraction of sp³-hybridized carbons (Fsp3) is 0.552. The first-order chi connectivity index (χ1) is 16.4. The van der Waals surface area contributed by atoms with E-state index in [1.54, 1.807) is 0 Å².